The van der Waals surface area contributed by atoms with Crippen LogP contribution in [0.1, 0.15) is 19.4 Å². The molecule has 120 valence electrons. The van der Waals surface area contributed by atoms with Crippen molar-refractivity contribution < 1.29 is 19.4 Å². The zero-order chi connectivity index (χ0) is 16.3. The van der Waals surface area contributed by atoms with Gasteiger partial charge in [0.1, 0.15) is 11.5 Å². The van der Waals surface area contributed by atoms with E-state index in [1.807, 2.05) is 13.8 Å². The van der Waals surface area contributed by atoms with Crippen molar-refractivity contribution in [3.63, 3.8) is 0 Å². The molecule has 0 fully saturated rings. The van der Waals surface area contributed by atoms with E-state index in [0.717, 1.165) is 0 Å². The molecule has 0 aliphatic carbocycles. The molecule has 0 bridgehead atoms. The minimum Gasteiger partial charge on any atom is -0.509 e. The maximum absolute atomic E-state index is 12.7. The first kappa shape index (κ1) is 16.4. The molecule has 0 saturated heterocycles. The molecule has 1 unspecified atom stereocenters. The summed E-state index contributed by atoms with van der Waals surface area (Å²) in [7, 11) is 3.19. The first-order valence-corrected chi connectivity index (χ1v) is 7.38. The first-order chi connectivity index (χ1) is 10.5. The van der Waals surface area contributed by atoms with Gasteiger partial charge in [-0.1, -0.05) is 26.0 Å². The lowest BCUT2D eigenvalue weighted by molar-refractivity contribution is -0.126. The molecule has 1 aliphatic heterocycles. The highest BCUT2D eigenvalue weighted by Crippen LogP contribution is 2.35. The summed E-state index contributed by atoms with van der Waals surface area (Å²) in [6.45, 7) is 4.88. The Kier molecular flexibility index (Phi) is 5.08. The third-order valence-corrected chi connectivity index (χ3v) is 3.89. The fourth-order valence-electron chi connectivity index (χ4n) is 2.81. The summed E-state index contributed by atoms with van der Waals surface area (Å²) in [6, 6.07) is 6.84. The van der Waals surface area contributed by atoms with Crippen LogP contribution in [0, 0.1) is 5.92 Å². The van der Waals surface area contributed by atoms with E-state index in [2.05, 4.69) is 0 Å². The van der Waals surface area contributed by atoms with E-state index < -0.39 is 0 Å². The molecule has 1 aromatic carbocycles. The molecule has 1 N–H and O–H groups in total. The van der Waals surface area contributed by atoms with E-state index in [1.165, 1.54) is 0 Å². The topological polar surface area (TPSA) is 59.0 Å². The molecule has 2 rings (SSSR count). The number of aliphatic hydroxyl groups is 1. The van der Waals surface area contributed by atoms with Crippen molar-refractivity contribution in [3.8, 4) is 5.75 Å². The Morgan fingerprint density at radius 2 is 1.86 bits per heavy atom. The van der Waals surface area contributed by atoms with Crippen LogP contribution in [0.5, 0.6) is 5.75 Å². The zero-order valence-electron chi connectivity index (χ0n) is 13.5. The SMILES string of the molecule is COCCN1C(=O)C(c2ccc(OC)cc2)=C(O)C1C(C)C. The lowest BCUT2D eigenvalue weighted by Crippen LogP contribution is -2.41. The molecule has 0 aromatic heterocycles. The minimum atomic E-state index is -0.306. The van der Waals surface area contributed by atoms with Crippen LogP contribution in [-0.2, 0) is 9.53 Å². The van der Waals surface area contributed by atoms with Gasteiger partial charge < -0.3 is 19.5 Å². The van der Waals surface area contributed by atoms with E-state index >= 15 is 0 Å². The smallest absolute Gasteiger partial charge is 0.258 e. The van der Waals surface area contributed by atoms with Gasteiger partial charge in [0.15, 0.2) is 0 Å². The van der Waals surface area contributed by atoms with Crippen molar-refractivity contribution >= 4 is 11.5 Å². The number of ether oxygens (including phenoxy) is 2. The Labute approximate surface area is 131 Å². The number of methoxy groups -OCH3 is 2. The second kappa shape index (κ2) is 6.83. The summed E-state index contributed by atoms with van der Waals surface area (Å²) in [5, 5.41) is 10.6. The fourth-order valence-corrected chi connectivity index (χ4v) is 2.81. The molecular formula is C17H23NO4. The van der Waals surface area contributed by atoms with Crippen LogP contribution < -0.4 is 4.74 Å². The number of nitrogens with zero attached hydrogens (tertiary/aromatic N) is 1. The standard InChI is InChI=1S/C17H23NO4/c1-11(2)15-16(19)14(17(20)18(15)9-10-21-3)12-5-7-13(22-4)8-6-12/h5-8,11,15,19H,9-10H2,1-4H3. The Morgan fingerprint density at radius 3 is 2.36 bits per heavy atom. The number of amides is 1. The number of hydrogen-bond donors (Lipinski definition) is 1. The number of benzene rings is 1. The Bertz CT molecular complexity index is 563. The van der Waals surface area contributed by atoms with Crippen LogP contribution in [0.2, 0.25) is 0 Å². The zero-order valence-corrected chi connectivity index (χ0v) is 13.5. The molecule has 1 atom stereocenters. The summed E-state index contributed by atoms with van der Waals surface area (Å²) in [4.78, 5) is 14.4. The Hall–Kier alpha value is -2.01. The molecule has 0 radical (unpaired) electrons. The normalized spacial score (nSPS) is 18.5. The highest BCUT2D eigenvalue weighted by atomic mass is 16.5. The van der Waals surface area contributed by atoms with Crippen LogP contribution in [0.15, 0.2) is 30.0 Å². The van der Waals surface area contributed by atoms with E-state index in [4.69, 9.17) is 9.47 Å². The molecule has 1 heterocycles. The van der Waals surface area contributed by atoms with Gasteiger partial charge in [-0.3, -0.25) is 4.79 Å². The molecule has 5 nitrogen and oxygen atoms in total. The van der Waals surface area contributed by atoms with Crippen molar-refractivity contribution in [2.45, 2.75) is 19.9 Å². The predicted octanol–water partition coefficient (Wildman–Crippen LogP) is 2.48. The second-order valence-corrected chi connectivity index (χ2v) is 5.67. The molecule has 22 heavy (non-hydrogen) atoms. The van der Waals surface area contributed by atoms with Gasteiger partial charge in [0, 0.05) is 13.7 Å². The number of hydrogen-bond acceptors (Lipinski definition) is 4. The van der Waals surface area contributed by atoms with E-state index in [9.17, 15) is 9.90 Å². The highest BCUT2D eigenvalue weighted by Gasteiger charge is 2.41. The number of carbonyl (C=O) groups is 1. The van der Waals surface area contributed by atoms with Gasteiger partial charge in [0.25, 0.3) is 5.91 Å². The van der Waals surface area contributed by atoms with Crippen molar-refractivity contribution in [1.29, 1.82) is 0 Å². The minimum absolute atomic E-state index is 0.122. The third-order valence-electron chi connectivity index (χ3n) is 3.89. The van der Waals surface area contributed by atoms with Gasteiger partial charge in [-0.15, -0.1) is 0 Å². The molecule has 0 spiro atoms. The Balaban J connectivity index is 2.37. The van der Waals surface area contributed by atoms with Gasteiger partial charge in [-0.2, -0.15) is 0 Å². The number of aliphatic hydroxyl groups excluding tert-OH is 1. The maximum Gasteiger partial charge on any atom is 0.258 e. The van der Waals surface area contributed by atoms with Gasteiger partial charge >= 0.3 is 0 Å². The van der Waals surface area contributed by atoms with E-state index in [-0.39, 0.29) is 23.6 Å². The van der Waals surface area contributed by atoms with Gasteiger partial charge in [0.2, 0.25) is 0 Å². The first-order valence-electron chi connectivity index (χ1n) is 7.38. The summed E-state index contributed by atoms with van der Waals surface area (Å²) in [6.07, 6.45) is 0. The predicted molar refractivity (Wildman–Crippen MR) is 84.8 cm³/mol. The van der Waals surface area contributed by atoms with E-state index in [0.29, 0.717) is 30.0 Å². The van der Waals surface area contributed by atoms with Crippen LogP contribution in [0.3, 0.4) is 0 Å². The highest BCUT2D eigenvalue weighted by molar-refractivity contribution is 6.22. The van der Waals surface area contributed by atoms with Crippen molar-refractivity contribution in [3.05, 3.63) is 35.6 Å². The Morgan fingerprint density at radius 1 is 1.23 bits per heavy atom. The summed E-state index contributed by atoms with van der Waals surface area (Å²) in [5.74, 6) is 0.821. The molecule has 1 amide bonds. The maximum atomic E-state index is 12.7. The largest absolute Gasteiger partial charge is 0.509 e. The van der Waals surface area contributed by atoms with Crippen LogP contribution in [-0.4, -0.2) is 49.3 Å². The van der Waals surface area contributed by atoms with Crippen LogP contribution in [0.25, 0.3) is 5.57 Å². The summed E-state index contributed by atoms with van der Waals surface area (Å²) >= 11 is 0. The van der Waals surface area contributed by atoms with E-state index in [1.54, 1.807) is 43.4 Å². The molecular weight excluding hydrogens is 282 g/mol. The molecule has 5 heteroatoms. The van der Waals surface area contributed by atoms with Crippen LogP contribution >= 0.6 is 0 Å². The summed E-state index contributed by atoms with van der Waals surface area (Å²) < 4.78 is 10.2. The second-order valence-electron chi connectivity index (χ2n) is 5.67. The average molecular weight is 305 g/mol. The van der Waals surface area contributed by atoms with Crippen molar-refractivity contribution in [1.82, 2.24) is 4.90 Å². The lowest BCUT2D eigenvalue weighted by Gasteiger charge is -2.27. The summed E-state index contributed by atoms with van der Waals surface area (Å²) in [5.41, 5.74) is 1.08. The van der Waals surface area contributed by atoms with Gasteiger partial charge in [0.05, 0.1) is 25.3 Å². The number of carbonyl (C=O) groups excluding carboxylic acids is 1. The van der Waals surface area contributed by atoms with Crippen molar-refractivity contribution in [2.24, 2.45) is 5.92 Å². The lowest BCUT2D eigenvalue weighted by atomic mass is 9.99. The monoisotopic (exact) mass is 305 g/mol. The molecule has 0 saturated carbocycles. The fraction of sp³-hybridized carbons (Fsp3) is 0.471. The van der Waals surface area contributed by atoms with Crippen molar-refractivity contribution in [2.75, 3.05) is 27.4 Å². The van der Waals surface area contributed by atoms with Gasteiger partial charge in [-0.25, -0.2) is 0 Å². The molecule has 1 aliphatic rings. The van der Waals surface area contributed by atoms with Crippen LogP contribution in [0.4, 0.5) is 0 Å². The molecule has 1 aromatic rings. The number of rotatable bonds is 6. The third kappa shape index (κ3) is 2.95. The van der Waals surface area contributed by atoms with Gasteiger partial charge in [-0.05, 0) is 23.6 Å². The quantitative estimate of drug-likeness (QED) is 0.877. The average Bonchev–Trinajstić information content (AvgIpc) is 2.76.